The molecule has 1 N–H and O–H groups in total. The zero-order chi connectivity index (χ0) is 9.97. The fraction of sp³-hybridized carbons (Fsp3) is 1.00. The van der Waals surface area contributed by atoms with Crippen molar-refractivity contribution in [2.75, 3.05) is 26.2 Å². The van der Waals surface area contributed by atoms with Gasteiger partial charge < -0.3 is 10.2 Å². The van der Waals surface area contributed by atoms with E-state index in [1.54, 1.807) is 0 Å². The summed E-state index contributed by atoms with van der Waals surface area (Å²) in [4.78, 5) is 2.55. The Morgan fingerprint density at radius 2 is 2.00 bits per heavy atom. The second-order valence-electron chi connectivity index (χ2n) is 4.86. The third-order valence-corrected chi connectivity index (χ3v) is 4.23. The van der Waals surface area contributed by atoms with Crippen molar-refractivity contribution in [1.82, 2.24) is 10.2 Å². The molecule has 0 spiro atoms. The van der Waals surface area contributed by atoms with E-state index >= 15 is 0 Å². The Kier molecular flexibility index (Phi) is 3.45. The van der Waals surface area contributed by atoms with Gasteiger partial charge in [0.2, 0.25) is 0 Å². The summed E-state index contributed by atoms with van der Waals surface area (Å²) in [5.41, 5.74) is 0. The van der Waals surface area contributed by atoms with Crippen LogP contribution in [0.15, 0.2) is 0 Å². The van der Waals surface area contributed by atoms with Gasteiger partial charge in [0.1, 0.15) is 0 Å². The van der Waals surface area contributed by atoms with Crippen LogP contribution in [0.2, 0.25) is 0 Å². The summed E-state index contributed by atoms with van der Waals surface area (Å²) in [5.74, 6) is 2.01. The fourth-order valence-corrected chi connectivity index (χ4v) is 3.26. The fourth-order valence-electron chi connectivity index (χ4n) is 3.26. The first kappa shape index (κ1) is 10.4. The molecule has 0 bridgehead atoms. The lowest BCUT2D eigenvalue weighted by atomic mass is 9.94. The van der Waals surface area contributed by atoms with Crippen LogP contribution in [0.1, 0.15) is 33.1 Å². The van der Waals surface area contributed by atoms with Crippen LogP contribution in [-0.2, 0) is 0 Å². The maximum Gasteiger partial charge on any atom is 0.0226 e. The van der Waals surface area contributed by atoms with Crippen LogP contribution in [0, 0.1) is 11.8 Å². The van der Waals surface area contributed by atoms with E-state index in [2.05, 4.69) is 24.1 Å². The third-order valence-electron chi connectivity index (χ3n) is 4.23. The largest absolute Gasteiger partial charge is 0.312 e. The first-order chi connectivity index (χ1) is 6.85. The molecule has 3 atom stereocenters. The molecule has 2 fully saturated rings. The molecule has 1 saturated heterocycles. The lowest BCUT2D eigenvalue weighted by molar-refractivity contribution is 0.245. The standard InChI is InChI=1S/C12H24N2/c1-3-14(4-2)9-12-11-7-5-6-10(11)8-13-12/h10-13H,3-9H2,1-2H3. The summed E-state index contributed by atoms with van der Waals surface area (Å²) < 4.78 is 0. The molecule has 0 radical (unpaired) electrons. The van der Waals surface area contributed by atoms with Gasteiger partial charge in [0.05, 0.1) is 0 Å². The van der Waals surface area contributed by atoms with Gasteiger partial charge in [-0.25, -0.2) is 0 Å². The van der Waals surface area contributed by atoms with E-state index in [1.165, 1.54) is 45.4 Å². The zero-order valence-corrected chi connectivity index (χ0v) is 9.63. The number of nitrogens with one attached hydrogen (secondary N) is 1. The molecule has 0 amide bonds. The van der Waals surface area contributed by atoms with Crippen molar-refractivity contribution in [3.05, 3.63) is 0 Å². The molecular weight excluding hydrogens is 172 g/mol. The molecule has 0 aromatic rings. The average Bonchev–Trinajstić information content (AvgIpc) is 2.77. The Balaban J connectivity index is 1.86. The van der Waals surface area contributed by atoms with Crippen molar-refractivity contribution in [1.29, 1.82) is 0 Å². The molecule has 82 valence electrons. The van der Waals surface area contributed by atoms with Crippen LogP contribution < -0.4 is 5.32 Å². The SMILES string of the molecule is CCN(CC)CC1NCC2CCCC21. The van der Waals surface area contributed by atoms with Gasteiger partial charge in [-0.2, -0.15) is 0 Å². The number of likely N-dealkylation sites (N-methyl/N-ethyl adjacent to an activating group) is 1. The first-order valence-corrected chi connectivity index (χ1v) is 6.30. The van der Waals surface area contributed by atoms with E-state index in [0.717, 1.165) is 17.9 Å². The molecular formula is C12H24N2. The van der Waals surface area contributed by atoms with E-state index < -0.39 is 0 Å². The van der Waals surface area contributed by atoms with Crippen LogP contribution >= 0.6 is 0 Å². The second-order valence-corrected chi connectivity index (χ2v) is 4.86. The van der Waals surface area contributed by atoms with Crippen LogP contribution in [0.5, 0.6) is 0 Å². The monoisotopic (exact) mass is 196 g/mol. The van der Waals surface area contributed by atoms with Crippen molar-refractivity contribution in [3.63, 3.8) is 0 Å². The minimum absolute atomic E-state index is 0.794. The third kappa shape index (κ3) is 1.96. The van der Waals surface area contributed by atoms with Gasteiger partial charge in [0, 0.05) is 12.6 Å². The molecule has 1 aliphatic carbocycles. The predicted molar refractivity (Wildman–Crippen MR) is 60.4 cm³/mol. The van der Waals surface area contributed by atoms with Crippen molar-refractivity contribution >= 4 is 0 Å². The number of rotatable bonds is 4. The maximum atomic E-state index is 3.72. The Labute approximate surface area is 88.1 Å². The summed E-state index contributed by atoms with van der Waals surface area (Å²) >= 11 is 0. The summed E-state index contributed by atoms with van der Waals surface area (Å²) in [6, 6.07) is 0.794. The van der Waals surface area contributed by atoms with Gasteiger partial charge in [-0.3, -0.25) is 0 Å². The molecule has 0 aromatic carbocycles. The molecule has 3 unspecified atom stereocenters. The quantitative estimate of drug-likeness (QED) is 0.736. The Hall–Kier alpha value is -0.0800. The van der Waals surface area contributed by atoms with Crippen molar-refractivity contribution in [2.45, 2.75) is 39.2 Å². The van der Waals surface area contributed by atoms with E-state index in [9.17, 15) is 0 Å². The highest BCUT2D eigenvalue weighted by molar-refractivity contribution is 4.95. The van der Waals surface area contributed by atoms with Crippen LogP contribution in [0.4, 0.5) is 0 Å². The van der Waals surface area contributed by atoms with Crippen LogP contribution in [0.3, 0.4) is 0 Å². The molecule has 2 rings (SSSR count). The smallest absolute Gasteiger partial charge is 0.0226 e. The predicted octanol–water partition coefficient (Wildman–Crippen LogP) is 1.72. The molecule has 1 aliphatic heterocycles. The highest BCUT2D eigenvalue weighted by atomic mass is 15.2. The lowest BCUT2D eigenvalue weighted by Gasteiger charge is -2.26. The summed E-state index contributed by atoms with van der Waals surface area (Å²) in [7, 11) is 0. The van der Waals surface area contributed by atoms with Crippen molar-refractivity contribution in [3.8, 4) is 0 Å². The van der Waals surface area contributed by atoms with E-state index in [1.807, 2.05) is 0 Å². The van der Waals surface area contributed by atoms with Gasteiger partial charge in [0.15, 0.2) is 0 Å². The first-order valence-electron chi connectivity index (χ1n) is 6.30. The van der Waals surface area contributed by atoms with Gasteiger partial charge in [-0.05, 0) is 44.3 Å². The Morgan fingerprint density at radius 1 is 1.21 bits per heavy atom. The minimum Gasteiger partial charge on any atom is -0.312 e. The molecule has 14 heavy (non-hydrogen) atoms. The van der Waals surface area contributed by atoms with E-state index in [0.29, 0.717) is 0 Å². The van der Waals surface area contributed by atoms with Crippen molar-refractivity contribution in [2.24, 2.45) is 11.8 Å². The molecule has 2 nitrogen and oxygen atoms in total. The summed E-state index contributed by atoms with van der Waals surface area (Å²) in [6.45, 7) is 9.50. The second kappa shape index (κ2) is 4.63. The highest BCUT2D eigenvalue weighted by Crippen LogP contribution is 2.37. The topological polar surface area (TPSA) is 15.3 Å². The Bertz CT molecular complexity index is 177. The number of hydrogen-bond donors (Lipinski definition) is 1. The van der Waals surface area contributed by atoms with Gasteiger partial charge in [-0.15, -0.1) is 0 Å². The zero-order valence-electron chi connectivity index (χ0n) is 9.63. The summed E-state index contributed by atoms with van der Waals surface area (Å²) in [6.07, 6.45) is 4.43. The number of hydrogen-bond acceptors (Lipinski definition) is 2. The van der Waals surface area contributed by atoms with Crippen LogP contribution in [-0.4, -0.2) is 37.1 Å². The maximum absolute atomic E-state index is 3.72. The average molecular weight is 196 g/mol. The Morgan fingerprint density at radius 3 is 2.71 bits per heavy atom. The van der Waals surface area contributed by atoms with Crippen LogP contribution in [0.25, 0.3) is 0 Å². The molecule has 1 saturated carbocycles. The van der Waals surface area contributed by atoms with Gasteiger partial charge >= 0.3 is 0 Å². The lowest BCUT2D eigenvalue weighted by Crippen LogP contribution is -2.40. The summed E-state index contributed by atoms with van der Waals surface area (Å²) in [5, 5.41) is 3.72. The normalized spacial score (nSPS) is 36.6. The van der Waals surface area contributed by atoms with E-state index in [-0.39, 0.29) is 0 Å². The molecule has 1 heterocycles. The number of nitrogens with zero attached hydrogens (tertiary/aromatic N) is 1. The van der Waals surface area contributed by atoms with Gasteiger partial charge in [0.25, 0.3) is 0 Å². The number of fused-ring (bicyclic) bond motifs is 1. The molecule has 2 aliphatic rings. The van der Waals surface area contributed by atoms with Gasteiger partial charge in [-0.1, -0.05) is 20.3 Å². The minimum atomic E-state index is 0.794. The molecule has 0 aromatic heterocycles. The molecule has 2 heteroatoms. The van der Waals surface area contributed by atoms with E-state index in [4.69, 9.17) is 0 Å². The van der Waals surface area contributed by atoms with Crippen molar-refractivity contribution < 1.29 is 0 Å². The highest BCUT2D eigenvalue weighted by Gasteiger charge is 2.38.